The van der Waals surface area contributed by atoms with Gasteiger partial charge in [-0.05, 0) is 5.47 Å². The molecule has 0 aliphatic carbocycles. The van der Waals surface area contributed by atoms with Gasteiger partial charge in [0, 0.05) is 12.6 Å². The lowest BCUT2D eigenvalue weighted by atomic mass is 9.78. The van der Waals surface area contributed by atoms with Crippen LogP contribution in [0.3, 0.4) is 0 Å². The molecule has 9 heavy (non-hydrogen) atoms. The van der Waals surface area contributed by atoms with E-state index in [1.165, 1.54) is 0 Å². The summed E-state index contributed by atoms with van der Waals surface area (Å²) >= 11 is 0. The monoisotopic (exact) mass is 125 g/mol. The molecule has 0 fully saturated rings. The average molecular weight is 125 g/mol. The Kier molecular flexibility index (Phi) is 2.03. The van der Waals surface area contributed by atoms with E-state index in [0.29, 0.717) is 18.4 Å². The third kappa shape index (κ3) is 1.66. The van der Waals surface area contributed by atoms with Crippen LogP contribution < -0.4 is 0 Å². The minimum atomic E-state index is -1.32. The van der Waals surface area contributed by atoms with Crippen molar-refractivity contribution >= 4 is 13.3 Å². The van der Waals surface area contributed by atoms with E-state index in [1.54, 1.807) is 12.3 Å². The van der Waals surface area contributed by atoms with Crippen molar-refractivity contribution < 1.29 is 10.0 Å². The van der Waals surface area contributed by atoms with Gasteiger partial charge >= 0.3 is 7.12 Å². The van der Waals surface area contributed by atoms with Crippen LogP contribution in [0.5, 0.6) is 0 Å². The minimum absolute atomic E-state index is 0.428. The molecule has 1 heterocycles. The van der Waals surface area contributed by atoms with Crippen LogP contribution >= 0.6 is 0 Å². The summed E-state index contributed by atoms with van der Waals surface area (Å²) in [6, 6.07) is 0. The molecule has 0 aromatic carbocycles. The van der Waals surface area contributed by atoms with Gasteiger partial charge < -0.3 is 10.0 Å². The summed E-state index contributed by atoms with van der Waals surface area (Å²) < 4.78 is 0. The zero-order valence-corrected chi connectivity index (χ0v) is 4.99. The number of nitrogens with zero attached hydrogens (tertiary/aromatic N) is 1. The van der Waals surface area contributed by atoms with Crippen LogP contribution in [0, 0.1) is 0 Å². The Bertz CT molecular complexity index is 153. The van der Waals surface area contributed by atoms with E-state index in [0.717, 1.165) is 0 Å². The van der Waals surface area contributed by atoms with Crippen LogP contribution in [0.2, 0.25) is 0 Å². The summed E-state index contributed by atoms with van der Waals surface area (Å²) in [5.41, 5.74) is 0.595. The van der Waals surface area contributed by atoms with Gasteiger partial charge in [0.2, 0.25) is 0 Å². The maximum Gasteiger partial charge on any atom is 0.485 e. The van der Waals surface area contributed by atoms with Gasteiger partial charge in [-0.3, -0.25) is 4.99 Å². The van der Waals surface area contributed by atoms with Gasteiger partial charge in [0.05, 0.1) is 6.54 Å². The predicted molar refractivity (Wildman–Crippen MR) is 36.3 cm³/mol. The molecule has 0 spiro atoms. The van der Waals surface area contributed by atoms with E-state index in [4.69, 9.17) is 10.0 Å². The zero-order valence-electron chi connectivity index (χ0n) is 4.99. The van der Waals surface area contributed by atoms with Crippen molar-refractivity contribution in [3.8, 4) is 0 Å². The summed E-state index contributed by atoms with van der Waals surface area (Å²) in [4.78, 5) is 3.87. The fourth-order valence-corrected chi connectivity index (χ4v) is 0.700. The first-order chi connectivity index (χ1) is 4.30. The van der Waals surface area contributed by atoms with Crippen LogP contribution in [0.15, 0.2) is 16.5 Å². The van der Waals surface area contributed by atoms with Crippen LogP contribution in [-0.4, -0.2) is 29.9 Å². The lowest BCUT2D eigenvalue weighted by Crippen LogP contribution is -2.19. The highest BCUT2D eigenvalue weighted by Crippen LogP contribution is 2.02. The molecule has 4 heteroatoms. The maximum absolute atomic E-state index is 8.59. The first kappa shape index (κ1) is 6.51. The van der Waals surface area contributed by atoms with Gasteiger partial charge in [0.1, 0.15) is 0 Å². The first-order valence-corrected chi connectivity index (χ1v) is 2.84. The van der Waals surface area contributed by atoms with Crippen molar-refractivity contribution in [1.29, 1.82) is 0 Å². The summed E-state index contributed by atoms with van der Waals surface area (Å²) in [6.07, 6.45) is 4.25. The number of hydrogen-bond acceptors (Lipinski definition) is 3. The summed E-state index contributed by atoms with van der Waals surface area (Å²) in [6.45, 7) is 0.428. The van der Waals surface area contributed by atoms with Gasteiger partial charge in [-0.2, -0.15) is 0 Å². The molecule has 1 aliphatic heterocycles. The fraction of sp³-hybridized carbons (Fsp3) is 0.400. The highest BCUT2D eigenvalue weighted by atomic mass is 16.4. The second kappa shape index (κ2) is 2.80. The molecule has 1 rings (SSSR count). The highest BCUT2D eigenvalue weighted by Gasteiger charge is 2.13. The normalized spacial score (nSPS) is 17.3. The molecule has 2 N–H and O–H groups in total. The predicted octanol–water partition coefficient (Wildman–Crippen LogP) is -0.601. The number of hydrogen-bond donors (Lipinski definition) is 2. The third-order valence-corrected chi connectivity index (χ3v) is 1.22. The van der Waals surface area contributed by atoms with E-state index in [-0.39, 0.29) is 0 Å². The number of aliphatic imine (C=N–C) groups is 1. The first-order valence-electron chi connectivity index (χ1n) is 2.84. The van der Waals surface area contributed by atoms with Gasteiger partial charge in [0.15, 0.2) is 0 Å². The van der Waals surface area contributed by atoms with Gasteiger partial charge in [0.25, 0.3) is 0 Å². The third-order valence-electron chi connectivity index (χ3n) is 1.22. The molecule has 0 atom stereocenters. The lowest BCUT2D eigenvalue weighted by Gasteiger charge is -2.04. The smallest absolute Gasteiger partial charge is 0.423 e. The molecular formula is C5H8BNO2. The Labute approximate surface area is 53.9 Å². The van der Waals surface area contributed by atoms with Crippen LogP contribution in [0.4, 0.5) is 0 Å². The number of dihydropyridines is 1. The number of rotatable bonds is 1. The molecule has 0 aromatic heterocycles. The van der Waals surface area contributed by atoms with E-state index < -0.39 is 7.12 Å². The maximum atomic E-state index is 8.59. The van der Waals surface area contributed by atoms with E-state index in [2.05, 4.69) is 4.99 Å². The van der Waals surface area contributed by atoms with Crippen molar-refractivity contribution in [2.24, 2.45) is 4.99 Å². The van der Waals surface area contributed by atoms with Crippen molar-refractivity contribution in [2.45, 2.75) is 6.42 Å². The second-order valence-corrected chi connectivity index (χ2v) is 1.91. The van der Waals surface area contributed by atoms with Crippen molar-refractivity contribution in [3.05, 3.63) is 11.5 Å². The molecule has 0 saturated carbocycles. The standard InChI is InChI=1S/C5H8BNO2/c8-6(9)5-2-1-3-7-4-5/h2-3,8-9H,1,4H2. The lowest BCUT2D eigenvalue weighted by molar-refractivity contribution is 0.418. The van der Waals surface area contributed by atoms with Crippen molar-refractivity contribution in [1.82, 2.24) is 0 Å². The molecule has 1 aliphatic rings. The van der Waals surface area contributed by atoms with Gasteiger partial charge in [-0.1, -0.05) is 6.08 Å². The molecule has 0 unspecified atom stereocenters. The SMILES string of the molecule is OB(O)C1=CCC=NC1. The van der Waals surface area contributed by atoms with E-state index in [9.17, 15) is 0 Å². The summed E-state index contributed by atoms with van der Waals surface area (Å²) in [5, 5.41) is 17.2. The Morgan fingerprint density at radius 1 is 1.56 bits per heavy atom. The highest BCUT2D eigenvalue weighted by molar-refractivity contribution is 6.51. The molecule has 0 bridgehead atoms. The van der Waals surface area contributed by atoms with E-state index in [1.807, 2.05) is 0 Å². The molecule has 0 aromatic rings. The van der Waals surface area contributed by atoms with E-state index >= 15 is 0 Å². The largest absolute Gasteiger partial charge is 0.485 e. The molecule has 48 valence electrons. The quantitative estimate of drug-likeness (QED) is 0.459. The molecule has 0 saturated heterocycles. The van der Waals surface area contributed by atoms with Crippen molar-refractivity contribution in [3.63, 3.8) is 0 Å². The topological polar surface area (TPSA) is 52.8 Å². The average Bonchev–Trinajstić information content (AvgIpc) is 1.90. The van der Waals surface area contributed by atoms with Gasteiger partial charge in [-0.15, -0.1) is 0 Å². The van der Waals surface area contributed by atoms with Crippen molar-refractivity contribution in [2.75, 3.05) is 6.54 Å². The summed E-state index contributed by atoms with van der Waals surface area (Å²) in [5.74, 6) is 0. The van der Waals surface area contributed by atoms with Crippen LogP contribution in [0.25, 0.3) is 0 Å². The Balaban J connectivity index is 2.50. The molecule has 0 amide bonds. The second-order valence-electron chi connectivity index (χ2n) is 1.91. The Hall–Kier alpha value is -0.605. The fourth-order valence-electron chi connectivity index (χ4n) is 0.700. The van der Waals surface area contributed by atoms with Crippen LogP contribution in [-0.2, 0) is 0 Å². The minimum Gasteiger partial charge on any atom is -0.423 e. The van der Waals surface area contributed by atoms with Crippen LogP contribution in [0.1, 0.15) is 6.42 Å². The Morgan fingerprint density at radius 2 is 2.33 bits per heavy atom. The molecular weight excluding hydrogens is 117 g/mol. The number of allylic oxidation sites excluding steroid dienone is 1. The summed E-state index contributed by atoms with van der Waals surface area (Å²) in [7, 11) is -1.32. The zero-order chi connectivity index (χ0) is 6.69. The Morgan fingerprint density at radius 3 is 2.67 bits per heavy atom. The van der Waals surface area contributed by atoms with Gasteiger partial charge in [-0.25, -0.2) is 0 Å². The molecule has 3 nitrogen and oxygen atoms in total. The molecule has 0 radical (unpaired) electrons.